The van der Waals surface area contributed by atoms with Crippen LogP contribution >= 0.6 is 0 Å². The number of nitrogens with two attached hydrogens (primary N) is 1. The van der Waals surface area contributed by atoms with Gasteiger partial charge in [-0.1, -0.05) is 30.3 Å². The van der Waals surface area contributed by atoms with Gasteiger partial charge in [0.2, 0.25) is 0 Å². The Morgan fingerprint density at radius 1 is 1.15 bits per heavy atom. The average molecular weight is 271 g/mol. The molecule has 2 aromatic carbocycles. The summed E-state index contributed by atoms with van der Waals surface area (Å²) >= 11 is 0. The van der Waals surface area contributed by atoms with Crippen molar-refractivity contribution in [3.05, 3.63) is 59.4 Å². The predicted octanol–water partition coefficient (Wildman–Crippen LogP) is 3.91. The van der Waals surface area contributed by atoms with Crippen molar-refractivity contribution in [1.82, 2.24) is 0 Å². The lowest BCUT2D eigenvalue weighted by atomic mass is 9.83. The van der Waals surface area contributed by atoms with E-state index < -0.39 is 5.82 Å². The Labute approximate surface area is 118 Å². The van der Waals surface area contributed by atoms with Crippen molar-refractivity contribution in [1.29, 1.82) is 0 Å². The fraction of sp³-hybridized carbons (Fsp3) is 0.294. The largest absolute Gasteiger partial charge is 0.488 e. The van der Waals surface area contributed by atoms with Crippen molar-refractivity contribution in [3.63, 3.8) is 0 Å². The van der Waals surface area contributed by atoms with E-state index in [2.05, 4.69) is 24.3 Å². The lowest BCUT2D eigenvalue weighted by molar-refractivity contribution is 0.264. The molecule has 2 nitrogen and oxygen atoms in total. The first-order valence-corrected chi connectivity index (χ1v) is 7.00. The minimum atomic E-state index is -0.394. The summed E-state index contributed by atoms with van der Waals surface area (Å²) in [7, 11) is 0. The van der Waals surface area contributed by atoms with Crippen LogP contribution in [0.3, 0.4) is 0 Å². The van der Waals surface area contributed by atoms with E-state index in [4.69, 9.17) is 10.5 Å². The lowest BCUT2D eigenvalue weighted by Crippen LogP contribution is -2.17. The van der Waals surface area contributed by atoms with Crippen LogP contribution in [-0.2, 0) is 6.42 Å². The highest BCUT2D eigenvalue weighted by atomic mass is 19.1. The number of hydrogen-bond acceptors (Lipinski definition) is 2. The molecule has 3 rings (SSSR count). The zero-order valence-electron chi connectivity index (χ0n) is 11.3. The summed E-state index contributed by atoms with van der Waals surface area (Å²) in [6, 6.07) is 13.1. The van der Waals surface area contributed by atoms with Crippen LogP contribution in [-0.4, -0.2) is 6.61 Å². The fourth-order valence-corrected chi connectivity index (χ4v) is 2.89. The lowest BCUT2D eigenvalue weighted by Gasteiger charge is -2.25. The first-order chi connectivity index (χ1) is 9.75. The molecular formula is C17H18FNO. The predicted molar refractivity (Wildman–Crippen MR) is 78.4 cm³/mol. The van der Waals surface area contributed by atoms with Gasteiger partial charge in [-0.2, -0.15) is 0 Å². The molecule has 0 fully saturated rings. The molecule has 20 heavy (non-hydrogen) atoms. The van der Waals surface area contributed by atoms with Crippen LogP contribution in [0.15, 0.2) is 42.5 Å². The number of anilines is 1. The van der Waals surface area contributed by atoms with Crippen LogP contribution in [0.5, 0.6) is 5.75 Å². The number of para-hydroxylation sites is 1. The summed E-state index contributed by atoms with van der Waals surface area (Å²) in [6.45, 7) is 0.474. The van der Waals surface area contributed by atoms with Crippen LogP contribution in [0.25, 0.3) is 0 Å². The number of fused-ring (bicyclic) bond motifs is 1. The highest BCUT2D eigenvalue weighted by Crippen LogP contribution is 2.33. The van der Waals surface area contributed by atoms with E-state index in [1.807, 2.05) is 0 Å². The molecule has 0 saturated carbocycles. The van der Waals surface area contributed by atoms with Gasteiger partial charge in [0.05, 0.1) is 12.3 Å². The first kappa shape index (κ1) is 13.0. The number of nitrogen functional groups attached to an aromatic ring is 1. The molecule has 1 aliphatic carbocycles. The van der Waals surface area contributed by atoms with Gasteiger partial charge in [0.25, 0.3) is 0 Å². The maximum atomic E-state index is 13.7. The van der Waals surface area contributed by atoms with E-state index in [0.717, 1.165) is 19.3 Å². The van der Waals surface area contributed by atoms with Crippen molar-refractivity contribution < 1.29 is 9.13 Å². The van der Waals surface area contributed by atoms with E-state index in [-0.39, 0.29) is 5.75 Å². The summed E-state index contributed by atoms with van der Waals surface area (Å²) in [4.78, 5) is 0. The van der Waals surface area contributed by atoms with Gasteiger partial charge in [-0.3, -0.25) is 0 Å². The number of hydrogen-bond donors (Lipinski definition) is 1. The molecule has 1 aliphatic rings. The standard InChI is InChI=1S/C17H18FNO/c18-15-9-4-10-16(19)17(15)20-11-13-7-3-6-12-5-1-2-8-14(12)13/h1-2,4-5,8-10,13H,3,6-7,11,19H2. The Morgan fingerprint density at radius 2 is 2.00 bits per heavy atom. The Morgan fingerprint density at radius 3 is 2.85 bits per heavy atom. The maximum absolute atomic E-state index is 13.7. The topological polar surface area (TPSA) is 35.2 Å². The Balaban J connectivity index is 1.77. The first-order valence-electron chi connectivity index (χ1n) is 7.00. The van der Waals surface area contributed by atoms with Crippen molar-refractivity contribution in [2.24, 2.45) is 0 Å². The highest BCUT2D eigenvalue weighted by Gasteiger charge is 2.21. The Kier molecular flexibility index (Phi) is 3.59. The van der Waals surface area contributed by atoms with Gasteiger partial charge >= 0.3 is 0 Å². The van der Waals surface area contributed by atoms with E-state index >= 15 is 0 Å². The number of benzene rings is 2. The zero-order valence-corrected chi connectivity index (χ0v) is 11.3. The second-order valence-corrected chi connectivity index (χ2v) is 5.26. The minimum Gasteiger partial charge on any atom is -0.488 e. The monoisotopic (exact) mass is 271 g/mol. The molecule has 0 saturated heterocycles. The third-order valence-corrected chi connectivity index (χ3v) is 3.92. The zero-order chi connectivity index (χ0) is 13.9. The average Bonchev–Trinajstić information content (AvgIpc) is 2.47. The quantitative estimate of drug-likeness (QED) is 0.859. The highest BCUT2D eigenvalue weighted by molar-refractivity contribution is 5.52. The van der Waals surface area contributed by atoms with Crippen LogP contribution in [0, 0.1) is 5.82 Å². The van der Waals surface area contributed by atoms with Crippen molar-refractivity contribution in [2.45, 2.75) is 25.2 Å². The van der Waals surface area contributed by atoms with Crippen LogP contribution < -0.4 is 10.5 Å². The molecule has 104 valence electrons. The molecule has 0 amide bonds. The second kappa shape index (κ2) is 5.53. The second-order valence-electron chi connectivity index (χ2n) is 5.26. The number of aryl methyl sites for hydroxylation is 1. The number of ether oxygens (including phenoxy) is 1. The van der Waals surface area contributed by atoms with Crippen molar-refractivity contribution in [3.8, 4) is 5.75 Å². The molecule has 0 spiro atoms. The summed E-state index contributed by atoms with van der Waals surface area (Å²) in [5.74, 6) is 0.101. The summed E-state index contributed by atoms with van der Waals surface area (Å²) in [6.07, 6.45) is 3.34. The van der Waals surface area contributed by atoms with Crippen molar-refractivity contribution >= 4 is 5.69 Å². The van der Waals surface area contributed by atoms with Crippen molar-refractivity contribution in [2.75, 3.05) is 12.3 Å². The molecule has 2 N–H and O–H groups in total. The number of rotatable bonds is 3. The smallest absolute Gasteiger partial charge is 0.177 e. The number of halogens is 1. The molecule has 2 aromatic rings. The van der Waals surface area contributed by atoms with Gasteiger partial charge in [-0.15, -0.1) is 0 Å². The van der Waals surface area contributed by atoms with E-state index in [1.165, 1.54) is 17.2 Å². The summed E-state index contributed by atoms with van der Waals surface area (Å²) in [5, 5.41) is 0. The van der Waals surface area contributed by atoms with Crippen LogP contribution in [0.2, 0.25) is 0 Å². The van der Waals surface area contributed by atoms with Gasteiger partial charge in [-0.25, -0.2) is 4.39 Å². The van der Waals surface area contributed by atoms with Gasteiger partial charge in [-0.05, 0) is 42.5 Å². The van der Waals surface area contributed by atoms with Gasteiger partial charge in [0, 0.05) is 5.92 Å². The van der Waals surface area contributed by atoms with Crippen LogP contribution in [0.1, 0.15) is 29.9 Å². The molecule has 0 aliphatic heterocycles. The van der Waals surface area contributed by atoms with E-state index in [1.54, 1.807) is 12.1 Å². The molecule has 0 aromatic heterocycles. The molecule has 0 heterocycles. The van der Waals surface area contributed by atoms with Crippen LogP contribution in [0.4, 0.5) is 10.1 Å². The Bertz CT molecular complexity index is 591. The minimum absolute atomic E-state index is 0.176. The SMILES string of the molecule is Nc1cccc(F)c1OCC1CCCc2ccccc21. The van der Waals surface area contributed by atoms with Gasteiger partial charge in [0.1, 0.15) is 0 Å². The molecule has 0 radical (unpaired) electrons. The molecule has 1 unspecified atom stereocenters. The molecule has 3 heteroatoms. The molecule has 0 bridgehead atoms. The van der Waals surface area contributed by atoms with Gasteiger partial charge in [0.15, 0.2) is 11.6 Å². The van der Waals surface area contributed by atoms with E-state index in [0.29, 0.717) is 18.2 Å². The van der Waals surface area contributed by atoms with Gasteiger partial charge < -0.3 is 10.5 Å². The summed E-state index contributed by atoms with van der Waals surface area (Å²) in [5.41, 5.74) is 8.83. The normalized spacial score (nSPS) is 17.6. The maximum Gasteiger partial charge on any atom is 0.177 e. The summed E-state index contributed by atoms with van der Waals surface area (Å²) < 4.78 is 19.4. The molecule has 1 atom stereocenters. The fourth-order valence-electron chi connectivity index (χ4n) is 2.89. The third kappa shape index (κ3) is 2.48. The Hall–Kier alpha value is -2.03. The third-order valence-electron chi connectivity index (χ3n) is 3.92. The van der Waals surface area contributed by atoms with E-state index in [9.17, 15) is 4.39 Å². The molecular weight excluding hydrogens is 253 g/mol.